The third-order valence-electron chi connectivity index (χ3n) is 6.42. The zero-order chi connectivity index (χ0) is 22.9. The third kappa shape index (κ3) is 3.78. The van der Waals surface area contributed by atoms with Crippen LogP contribution in [0, 0.1) is 0 Å². The normalized spacial score (nSPS) is 19.5. The number of hydrogen-bond acceptors (Lipinski definition) is 6. The molecule has 1 heterocycles. The van der Waals surface area contributed by atoms with Crippen molar-refractivity contribution >= 4 is 17.2 Å². The molecule has 1 aliphatic carbocycles. The number of carbonyl (C=O) groups is 1. The van der Waals surface area contributed by atoms with E-state index in [1.807, 2.05) is 54.6 Å². The minimum atomic E-state index is -0.404. The summed E-state index contributed by atoms with van der Waals surface area (Å²) in [6.45, 7) is 0. The monoisotopic (exact) mass is 442 g/mol. The number of para-hydroxylation sites is 3. The minimum absolute atomic E-state index is 0.00934. The number of nitrogens with one attached hydrogen (secondary N) is 2. The van der Waals surface area contributed by atoms with E-state index in [0.717, 1.165) is 33.9 Å². The maximum absolute atomic E-state index is 13.6. The Morgan fingerprint density at radius 2 is 1.61 bits per heavy atom. The number of hydrogen-bond donors (Lipinski definition) is 3. The Kier molecular flexibility index (Phi) is 5.42. The lowest BCUT2D eigenvalue weighted by molar-refractivity contribution is -0.116. The molecule has 0 spiro atoms. The summed E-state index contributed by atoms with van der Waals surface area (Å²) in [5.41, 5.74) is 5.23. The SMILES string of the molecule is COc1ccc(C2Nc3ccccc3NC3=C2C(=O)CC(c2ccccc2OC)C3)cc1O. The van der Waals surface area contributed by atoms with E-state index in [9.17, 15) is 9.90 Å². The molecular weight excluding hydrogens is 416 g/mol. The number of allylic oxidation sites excluding steroid dienone is 1. The number of benzene rings is 3. The van der Waals surface area contributed by atoms with Gasteiger partial charge in [-0.1, -0.05) is 36.4 Å². The molecule has 0 radical (unpaired) electrons. The van der Waals surface area contributed by atoms with Gasteiger partial charge in [-0.25, -0.2) is 0 Å². The fraction of sp³-hybridized carbons (Fsp3) is 0.222. The van der Waals surface area contributed by atoms with Gasteiger partial charge in [0, 0.05) is 23.6 Å². The van der Waals surface area contributed by atoms with Crippen molar-refractivity contribution in [3.63, 3.8) is 0 Å². The van der Waals surface area contributed by atoms with Crippen molar-refractivity contribution in [2.75, 3.05) is 24.9 Å². The number of fused-ring (bicyclic) bond motifs is 1. The summed E-state index contributed by atoms with van der Waals surface area (Å²) in [5, 5.41) is 17.5. The lowest BCUT2D eigenvalue weighted by atomic mass is 9.78. The van der Waals surface area contributed by atoms with Crippen molar-refractivity contribution in [3.8, 4) is 17.2 Å². The molecule has 0 amide bonds. The molecule has 0 saturated carbocycles. The van der Waals surface area contributed by atoms with Crippen LogP contribution < -0.4 is 20.1 Å². The summed E-state index contributed by atoms with van der Waals surface area (Å²) in [7, 11) is 3.17. The number of aromatic hydroxyl groups is 1. The van der Waals surface area contributed by atoms with Gasteiger partial charge in [0.25, 0.3) is 0 Å². The summed E-state index contributed by atoms with van der Waals surface area (Å²) in [5.74, 6) is 1.31. The third-order valence-corrected chi connectivity index (χ3v) is 6.42. The molecular formula is C27H26N2O4. The Bertz CT molecular complexity index is 1250. The van der Waals surface area contributed by atoms with Crippen LogP contribution in [-0.2, 0) is 4.79 Å². The topological polar surface area (TPSA) is 79.8 Å². The van der Waals surface area contributed by atoms with Crippen LogP contribution in [0.5, 0.6) is 17.2 Å². The molecule has 1 aliphatic heterocycles. The first-order chi connectivity index (χ1) is 16.1. The number of methoxy groups -OCH3 is 2. The molecule has 3 aromatic carbocycles. The minimum Gasteiger partial charge on any atom is -0.504 e. The van der Waals surface area contributed by atoms with Crippen LogP contribution in [0.3, 0.4) is 0 Å². The van der Waals surface area contributed by atoms with Gasteiger partial charge in [0.15, 0.2) is 17.3 Å². The van der Waals surface area contributed by atoms with Gasteiger partial charge in [0.2, 0.25) is 0 Å². The van der Waals surface area contributed by atoms with Crippen LogP contribution in [-0.4, -0.2) is 25.1 Å². The van der Waals surface area contributed by atoms with Gasteiger partial charge < -0.3 is 25.2 Å². The van der Waals surface area contributed by atoms with E-state index < -0.39 is 6.04 Å². The molecule has 6 nitrogen and oxygen atoms in total. The number of carbonyl (C=O) groups excluding carboxylic acids is 1. The summed E-state index contributed by atoms with van der Waals surface area (Å²) < 4.78 is 10.8. The van der Waals surface area contributed by atoms with Gasteiger partial charge in [0.1, 0.15) is 5.75 Å². The van der Waals surface area contributed by atoms with Gasteiger partial charge in [-0.15, -0.1) is 0 Å². The van der Waals surface area contributed by atoms with E-state index >= 15 is 0 Å². The second-order valence-electron chi connectivity index (χ2n) is 8.34. The van der Waals surface area contributed by atoms with E-state index in [-0.39, 0.29) is 17.5 Å². The summed E-state index contributed by atoms with van der Waals surface area (Å²) >= 11 is 0. The fourth-order valence-corrected chi connectivity index (χ4v) is 4.85. The second-order valence-corrected chi connectivity index (χ2v) is 8.34. The van der Waals surface area contributed by atoms with Crippen molar-refractivity contribution < 1.29 is 19.4 Å². The highest BCUT2D eigenvalue weighted by molar-refractivity contribution is 6.01. The number of Topliss-reactive ketones (excluding diaryl/α,β-unsaturated/α-hetero) is 1. The lowest BCUT2D eigenvalue weighted by Gasteiger charge is -2.30. The maximum atomic E-state index is 13.6. The fourth-order valence-electron chi connectivity index (χ4n) is 4.85. The summed E-state index contributed by atoms with van der Waals surface area (Å²) in [6.07, 6.45) is 1.06. The van der Waals surface area contributed by atoms with Crippen molar-refractivity contribution in [1.82, 2.24) is 0 Å². The smallest absolute Gasteiger partial charge is 0.163 e. The second kappa shape index (κ2) is 8.54. The first-order valence-electron chi connectivity index (χ1n) is 11.0. The molecule has 0 bridgehead atoms. The molecule has 2 atom stereocenters. The Balaban J connectivity index is 1.62. The molecule has 0 fully saturated rings. The number of ether oxygens (including phenoxy) is 2. The Labute approximate surface area is 192 Å². The molecule has 3 aromatic rings. The summed E-state index contributed by atoms with van der Waals surface area (Å²) in [6, 6.07) is 20.7. The number of phenols is 1. The molecule has 33 heavy (non-hydrogen) atoms. The molecule has 2 aliphatic rings. The lowest BCUT2D eigenvalue weighted by Crippen LogP contribution is -2.27. The molecule has 6 heteroatoms. The van der Waals surface area contributed by atoms with Crippen molar-refractivity contribution in [2.45, 2.75) is 24.8 Å². The number of phenolic OH excluding ortho intramolecular Hbond substituents is 1. The van der Waals surface area contributed by atoms with Gasteiger partial charge in [-0.05, 0) is 47.9 Å². The highest BCUT2D eigenvalue weighted by atomic mass is 16.5. The average Bonchev–Trinajstić information content (AvgIpc) is 3.01. The van der Waals surface area contributed by atoms with Crippen molar-refractivity contribution in [1.29, 1.82) is 0 Å². The van der Waals surface area contributed by atoms with E-state index in [4.69, 9.17) is 9.47 Å². The van der Waals surface area contributed by atoms with E-state index in [2.05, 4.69) is 10.6 Å². The van der Waals surface area contributed by atoms with E-state index in [1.165, 1.54) is 7.11 Å². The van der Waals surface area contributed by atoms with Gasteiger partial charge >= 0.3 is 0 Å². The molecule has 168 valence electrons. The average molecular weight is 443 g/mol. The highest BCUT2D eigenvalue weighted by Crippen LogP contribution is 2.46. The predicted octanol–water partition coefficient (Wildman–Crippen LogP) is 5.39. The quantitative estimate of drug-likeness (QED) is 0.503. The first kappa shape index (κ1) is 20.9. The number of ketones is 1. The van der Waals surface area contributed by atoms with Crippen molar-refractivity contribution in [2.24, 2.45) is 0 Å². The van der Waals surface area contributed by atoms with Gasteiger partial charge in [0.05, 0.1) is 31.6 Å². The Morgan fingerprint density at radius 1 is 0.879 bits per heavy atom. The Morgan fingerprint density at radius 3 is 2.36 bits per heavy atom. The van der Waals surface area contributed by atoms with Gasteiger partial charge in [-0.2, -0.15) is 0 Å². The molecule has 2 unspecified atom stereocenters. The number of rotatable bonds is 4. The zero-order valence-electron chi connectivity index (χ0n) is 18.6. The van der Waals surface area contributed by atoms with Crippen LogP contribution in [0.25, 0.3) is 0 Å². The first-order valence-corrected chi connectivity index (χ1v) is 11.0. The Hall–Kier alpha value is -3.93. The molecule has 0 aromatic heterocycles. The van der Waals surface area contributed by atoms with Gasteiger partial charge in [-0.3, -0.25) is 4.79 Å². The molecule has 0 saturated heterocycles. The predicted molar refractivity (Wildman–Crippen MR) is 128 cm³/mol. The largest absolute Gasteiger partial charge is 0.504 e. The zero-order valence-corrected chi connectivity index (χ0v) is 18.6. The van der Waals surface area contributed by atoms with Crippen LogP contribution >= 0.6 is 0 Å². The maximum Gasteiger partial charge on any atom is 0.163 e. The molecule has 3 N–H and O–H groups in total. The van der Waals surface area contributed by atoms with Crippen LogP contribution in [0.4, 0.5) is 11.4 Å². The standard InChI is InChI=1S/C27H26N2O4/c1-32-24-10-6-3-7-18(24)17-13-21-26(23(31)15-17)27(16-11-12-25(33-2)22(30)14-16)29-20-9-5-4-8-19(20)28-21/h3-12,14,17,27-30H,13,15H2,1-2H3. The molecule has 5 rings (SSSR count). The number of anilines is 2. The summed E-state index contributed by atoms with van der Waals surface area (Å²) in [4.78, 5) is 13.6. The van der Waals surface area contributed by atoms with E-state index in [0.29, 0.717) is 24.2 Å². The van der Waals surface area contributed by atoms with Crippen molar-refractivity contribution in [3.05, 3.63) is 89.1 Å². The highest BCUT2D eigenvalue weighted by Gasteiger charge is 2.37. The van der Waals surface area contributed by atoms with Crippen LogP contribution in [0.1, 0.15) is 35.9 Å². The van der Waals surface area contributed by atoms with Crippen LogP contribution in [0.2, 0.25) is 0 Å². The van der Waals surface area contributed by atoms with Crippen LogP contribution in [0.15, 0.2) is 78.0 Å². The van der Waals surface area contributed by atoms with E-state index in [1.54, 1.807) is 19.2 Å².